The van der Waals surface area contributed by atoms with E-state index in [0.717, 1.165) is 18.0 Å². The van der Waals surface area contributed by atoms with E-state index in [2.05, 4.69) is 24.1 Å². The van der Waals surface area contributed by atoms with Crippen molar-refractivity contribution in [2.24, 2.45) is 5.92 Å². The Balaban J connectivity index is 0.00000144. The van der Waals surface area contributed by atoms with Crippen LogP contribution < -0.4 is 5.32 Å². The maximum absolute atomic E-state index is 3.51. The first-order valence-corrected chi connectivity index (χ1v) is 7.24. The Morgan fingerprint density at radius 3 is 2.18 bits per heavy atom. The molecule has 0 aromatic heterocycles. The van der Waals surface area contributed by atoms with Crippen molar-refractivity contribution in [3.63, 3.8) is 0 Å². The minimum Gasteiger partial charge on any atom is -0.314 e. The molecule has 1 aliphatic heterocycles. The topological polar surface area (TPSA) is 15.3 Å². The third kappa shape index (κ3) is 4.42. The van der Waals surface area contributed by atoms with E-state index in [1.807, 2.05) is 0 Å². The van der Waals surface area contributed by atoms with E-state index in [4.69, 9.17) is 0 Å². The summed E-state index contributed by atoms with van der Waals surface area (Å²) in [5.41, 5.74) is 0. The van der Waals surface area contributed by atoms with E-state index >= 15 is 0 Å². The molecule has 0 unspecified atom stereocenters. The Bertz CT molecular complexity index is 194. The van der Waals surface area contributed by atoms with Gasteiger partial charge in [0, 0.05) is 25.2 Å². The number of hydrogen-bond acceptors (Lipinski definition) is 2. The molecule has 2 nitrogen and oxygen atoms in total. The Labute approximate surface area is 113 Å². The van der Waals surface area contributed by atoms with Gasteiger partial charge in [0.25, 0.3) is 0 Å². The number of piperazine rings is 1. The third-order valence-electron chi connectivity index (χ3n) is 4.53. The molecule has 0 radical (unpaired) electrons. The summed E-state index contributed by atoms with van der Waals surface area (Å²) < 4.78 is 0. The highest BCUT2D eigenvalue weighted by molar-refractivity contribution is 5.85. The van der Waals surface area contributed by atoms with E-state index in [0.29, 0.717) is 0 Å². The van der Waals surface area contributed by atoms with Crippen molar-refractivity contribution in [2.45, 2.75) is 64.5 Å². The van der Waals surface area contributed by atoms with Crippen molar-refractivity contribution in [3.05, 3.63) is 0 Å². The number of hydrogen-bond donors (Lipinski definition) is 1. The molecule has 1 saturated heterocycles. The third-order valence-corrected chi connectivity index (χ3v) is 4.53. The summed E-state index contributed by atoms with van der Waals surface area (Å²) in [6.07, 6.45) is 8.88. The molecule has 1 N–H and O–H groups in total. The maximum atomic E-state index is 3.51. The molecule has 0 aromatic rings. The van der Waals surface area contributed by atoms with Crippen LogP contribution in [-0.4, -0.2) is 36.6 Å². The van der Waals surface area contributed by atoms with Gasteiger partial charge < -0.3 is 5.32 Å². The van der Waals surface area contributed by atoms with Gasteiger partial charge in [-0.1, -0.05) is 32.1 Å². The summed E-state index contributed by atoms with van der Waals surface area (Å²) in [6, 6.07) is 1.46. The lowest BCUT2D eigenvalue weighted by Crippen LogP contribution is -2.55. The van der Waals surface area contributed by atoms with Gasteiger partial charge in [0.05, 0.1) is 0 Å². The lowest BCUT2D eigenvalue weighted by Gasteiger charge is -2.40. The van der Waals surface area contributed by atoms with E-state index in [-0.39, 0.29) is 12.4 Å². The quantitative estimate of drug-likeness (QED) is 0.839. The van der Waals surface area contributed by atoms with Crippen LogP contribution >= 0.6 is 12.4 Å². The van der Waals surface area contributed by atoms with Crippen molar-refractivity contribution in [1.82, 2.24) is 10.2 Å². The van der Waals surface area contributed by atoms with Crippen LogP contribution in [0.15, 0.2) is 0 Å². The van der Waals surface area contributed by atoms with Gasteiger partial charge in [-0.2, -0.15) is 0 Å². The minimum atomic E-state index is 0. The smallest absolute Gasteiger partial charge is 0.0195 e. The standard InChI is InChI=1S/C14H28N2.ClH/c1-12-10-15-11-13(2)16(12)9-8-14-6-4-3-5-7-14;/h12-15H,3-11H2,1-2H3;1H/t12-,13+;. The molecule has 0 spiro atoms. The SMILES string of the molecule is C[C@@H]1CNC[C@H](C)N1CCC1CCCCC1.Cl. The van der Waals surface area contributed by atoms with E-state index < -0.39 is 0 Å². The first-order valence-electron chi connectivity index (χ1n) is 7.24. The molecule has 0 bridgehead atoms. The number of halogens is 1. The summed E-state index contributed by atoms with van der Waals surface area (Å²) in [6.45, 7) is 8.41. The fraction of sp³-hybridized carbons (Fsp3) is 1.00. The van der Waals surface area contributed by atoms with Crippen LogP contribution in [0.5, 0.6) is 0 Å². The van der Waals surface area contributed by atoms with Gasteiger partial charge >= 0.3 is 0 Å². The molecular formula is C14H29ClN2. The average Bonchev–Trinajstić information content (AvgIpc) is 2.30. The second-order valence-electron chi connectivity index (χ2n) is 5.89. The highest BCUT2D eigenvalue weighted by Gasteiger charge is 2.25. The van der Waals surface area contributed by atoms with E-state index in [9.17, 15) is 0 Å². The van der Waals surface area contributed by atoms with Crippen LogP contribution in [0.25, 0.3) is 0 Å². The molecule has 2 aliphatic rings. The molecule has 17 heavy (non-hydrogen) atoms. The molecular weight excluding hydrogens is 232 g/mol. The Morgan fingerprint density at radius 1 is 1.00 bits per heavy atom. The molecule has 2 fully saturated rings. The van der Waals surface area contributed by atoms with Crippen LogP contribution in [-0.2, 0) is 0 Å². The van der Waals surface area contributed by atoms with Crippen molar-refractivity contribution >= 4 is 12.4 Å². The minimum absolute atomic E-state index is 0. The Morgan fingerprint density at radius 2 is 1.59 bits per heavy atom. The first-order chi connectivity index (χ1) is 7.77. The van der Waals surface area contributed by atoms with Gasteiger partial charge in [0.15, 0.2) is 0 Å². The second-order valence-corrected chi connectivity index (χ2v) is 5.89. The molecule has 2 rings (SSSR count). The number of nitrogens with one attached hydrogen (secondary N) is 1. The van der Waals surface area contributed by atoms with Crippen LogP contribution in [0, 0.1) is 5.92 Å². The van der Waals surface area contributed by atoms with Crippen LogP contribution in [0.3, 0.4) is 0 Å². The fourth-order valence-electron chi connectivity index (χ4n) is 3.42. The first kappa shape index (κ1) is 15.3. The van der Waals surface area contributed by atoms with Gasteiger partial charge in [0.1, 0.15) is 0 Å². The van der Waals surface area contributed by atoms with Crippen molar-refractivity contribution in [1.29, 1.82) is 0 Å². The Hall–Kier alpha value is 0.210. The normalized spacial score (nSPS) is 32.1. The zero-order valence-corrected chi connectivity index (χ0v) is 12.3. The van der Waals surface area contributed by atoms with Crippen molar-refractivity contribution < 1.29 is 0 Å². The fourth-order valence-corrected chi connectivity index (χ4v) is 3.42. The summed E-state index contributed by atoms with van der Waals surface area (Å²) in [5, 5.41) is 3.51. The van der Waals surface area contributed by atoms with Crippen molar-refractivity contribution in [2.75, 3.05) is 19.6 Å². The monoisotopic (exact) mass is 260 g/mol. The maximum Gasteiger partial charge on any atom is 0.0195 e. The Kier molecular flexibility index (Phi) is 6.83. The highest BCUT2D eigenvalue weighted by Crippen LogP contribution is 2.27. The molecule has 1 aliphatic carbocycles. The molecule has 0 amide bonds. The molecule has 2 atom stereocenters. The predicted molar refractivity (Wildman–Crippen MR) is 76.9 cm³/mol. The lowest BCUT2D eigenvalue weighted by atomic mass is 9.86. The second kappa shape index (κ2) is 7.60. The average molecular weight is 261 g/mol. The van der Waals surface area contributed by atoms with Gasteiger partial charge in [-0.15, -0.1) is 12.4 Å². The zero-order valence-electron chi connectivity index (χ0n) is 11.5. The largest absolute Gasteiger partial charge is 0.314 e. The summed E-state index contributed by atoms with van der Waals surface area (Å²) in [4.78, 5) is 2.71. The summed E-state index contributed by atoms with van der Waals surface area (Å²) in [7, 11) is 0. The summed E-state index contributed by atoms with van der Waals surface area (Å²) >= 11 is 0. The summed E-state index contributed by atoms with van der Waals surface area (Å²) in [5.74, 6) is 1.03. The predicted octanol–water partition coefficient (Wildman–Crippen LogP) is 3.06. The number of nitrogens with zero attached hydrogens (tertiary/aromatic N) is 1. The zero-order chi connectivity index (χ0) is 11.4. The van der Waals surface area contributed by atoms with Crippen LogP contribution in [0.4, 0.5) is 0 Å². The lowest BCUT2D eigenvalue weighted by molar-refractivity contribution is 0.105. The van der Waals surface area contributed by atoms with Gasteiger partial charge in [-0.3, -0.25) is 4.90 Å². The molecule has 0 aromatic carbocycles. The molecule has 3 heteroatoms. The van der Waals surface area contributed by atoms with E-state index in [1.165, 1.54) is 58.2 Å². The van der Waals surface area contributed by atoms with Crippen LogP contribution in [0.1, 0.15) is 52.4 Å². The molecule has 102 valence electrons. The highest BCUT2D eigenvalue weighted by atomic mass is 35.5. The molecule has 1 heterocycles. The number of rotatable bonds is 3. The van der Waals surface area contributed by atoms with Gasteiger partial charge in [-0.25, -0.2) is 0 Å². The van der Waals surface area contributed by atoms with Crippen molar-refractivity contribution in [3.8, 4) is 0 Å². The van der Waals surface area contributed by atoms with Gasteiger partial charge in [-0.05, 0) is 32.7 Å². The van der Waals surface area contributed by atoms with Gasteiger partial charge in [0.2, 0.25) is 0 Å². The van der Waals surface area contributed by atoms with E-state index in [1.54, 1.807) is 0 Å². The molecule has 1 saturated carbocycles. The van der Waals surface area contributed by atoms with Crippen LogP contribution in [0.2, 0.25) is 0 Å².